The molecule has 0 spiro atoms. The van der Waals surface area contributed by atoms with E-state index in [-0.39, 0.29) is 5.91 Å². The Bertz CT molecular complexity index is 801. The third-order valence-corrected chi connectivity index (χ3v) is 4.90. The van der Waals surface area contributed by atoms with E-state index < -0.39 is 5.97 Å². The number of carbonyl (C=O) groups excluding carboxylic acids is 2. The van der Waals surface area contributed by atoms with Crippen LogP contribution in [-0.4, -0.2) is 37.0 Å². The van der Waals surface area contributed by atoms with Gasteiger partial charge in [-0.15, -0.1) is 0 Å². The van der Waals surface area contributed by atoms with Crippen LogP contribution in [0.25, 0.3) is 0 Å². The Balaban J connectivity index is 1.61. The number of anilines is 1. The highest BCUT2D eigenvalue weighted by molar-refractivity contribution is 6.04. The van der Waals surface area contributed by atoms with E-state index in [1.54, 1.807) is 24.3 Å². The lowest BCUT2D eigenvalue weighted by molar-refractivity contribution is 0.0600. The van der Waals surface area contributed by atoms with E-state index in [0.717, 1.165) is 25.6 Å². The number of hydrogen-bond donors (Lipinski definition) is 1. The molecule has 2 aromatic rings. The number of carbonyl (C=O) groups is 2. The molecule has 1 N–H and O–H groups in total. The van der Waals surface area contributed by atoms with Gasteiger partial charge in [-0.25, -0.2) is 4.79 Å². The Morgan fingerprint density at radius 2 is 1.93 bits per heavy atom. The SMILES string of the molecule is COC(=O)c1cccc(NC(=O)c2ccc(CN3CCC[C@H](C)C3)cc2)c1. The third kappa shape index (κ3) is 5.17. The van der Waals surface area contributed by atoms with Gasteiger partial charge in [-0.05, 0) is 61.2 Å². The number of hydrogen-bond acceptors (Lipinski definition) is 4. The Morgan fingerprint density at radius 3 is 2.63 bits per heavy atom. The molecule has 0 aromatic heterocycles. The van der Waals surface area contributed by atoms with Crippen LogP contribution in [0.4, 0.5) is 5.69 Å². The Labute approximate surface area is 160 Å². The van der Waals surface area contributed by atoms with Gasteiger partial charge < -0.3 is 10.1 Å². The van der Waals surface area contributed by atoms with Crippen molar-refractivity contribution in [3.8, 4) is 0 Å². The molecule has 1 heterocycles. The number of methoxy groups -OCH3 is 1. The smallest absolute Gasteiger partial charge is 0.337 e. The zero-order valence-corrected chi connectivity index (χ0v) is 15.9. The van der Waals surface area contributed by atoms with Crippen LogP contribution in [0.2, 0.25) is 0 Å². The van der Waals surface area contributed by atoms with Gasteiger partial charge in [-0.3, -0.25) is 9.69 Å². The Kier molecular flexibility index (Phi) is 6.24. The minimum absolute atomic E-state index is 0.199. The predicted molar refractivity (Wildman–Crippen MR) is 106 cm³/mol. The second kappa shape index (κ2) is 8.82. The number of likely N-dealkylation sites (tertiary alicyclic amines) is 1. The molecule has 1 aliphatic heterocycles. The van der Waals surface area contributed by atoms with Crippen molar-refractivity contribution in [2.75, 3.05) is 25.5 Å². The van der Waals surface area contributed by atoms with Gasteiger partial charge in [0.15, 0.2) is 0 Å². The third-order valence-electron chi connectivity index (χ3n) is 4.90. The summed E-state index contributed by atoms with van der Waals surface area (Å²) in [6.07, 6.45) is 2.57. The number of amides is 1. The molecular weight excluding hydrogens is 340 g/mol. The first-order valence-corrected chi connectivity index (χ1v) is 9.36. The van der Waals surface area contributed by atoms with Gasteiger partial charge in [0.2, 0.25) is 0 Å². The molecular formula is C22H26N2O3. The first kappa shape index (κ1) is 19.1. The highest BCUT2D eigenvalue weighted by Gasteiger charge is 2.16. The largest absolute Gasteiger partial charge is 0.465 e. The topological polar surface area (TPSA) is 58.6 Å². The molecule has 1 amide bonds. The van der Waals surface area contributed by atoms with Gasteiger partial charge in [0.1, 0.15) is 0 Å². The average molecular weight is 366 g/mol. The summed E-state index contributed by atoms with van der Waals surface area (Å²) >= 11 is 0. The number of rotatable bonds is 5. The van der Waals surface area contributed by atoms with Crippen molar-refractivity contribution in [3.63, 3.8) is 0 Å². The number of benzene rings is 2. The van der Waals surface area contributed by atoms with Crippen molar-refractivity contribution >= 4 is 17.6 Å². The highest BCUT2D eigenvalue weighted by Crippen LogP contribution is 2.18. The lowest BCUT2D eigenvalue weighted by Gasteiger charge is -2.30. The Hall–Kier alpha value is -2.66. The number of ether oxygens (including phenoxy) is 1. The van der Waals surface area contributed by atoms with Gasteiger partial charge in [-0.1, -0.05) is 25.1 Å². The summed E-state index contributed by atoms with van der Waals surface area (Å²) in [5.74, 6) is 0.127. The van der Waals surface area contributed by atoms with E-state index in [2.05, 4.69) is 17.1 Å². The molecule has 1 saturated heterocycles. The van der Waals surface area contributed by atoms with Crippen molar-refractivity contribution in [2.45, 2.75) is 26.3 Å². The maximum atomic E-state index is 12.5. The Morgan fingerprint density at radius 1 is 1.15 bits per heavy atom. The van der Waals surface area contributed by atoms with Crippen LogP contribution < -0.4 is 5.32 Å². The summed E-state index contributed by atoms with van der Waals surface area (Å²) in [6.45, 7) is 5.50. The van der Waals surface area contributed by atoms with Crippen molar-refractivity contribution in [1.82, 2.24) is 4.90 Å². The fraction of sp³-hybridized carbons (Fsp3) is 0.364. The molecule has 3 rings (SSSR count). The standard InChI is InChI=1S/C22H26N2O3/c1-16-5-4-12-24(14-16)15-17-8-10-18(11-9-17)21(25)23-20-7-3-6-19(13-20)22(26)27-2/h3,6-11,13,16H,4-5,12,14-15H2,1-2H3,(H,23,25)/t16-/m0/s1. The van der Waals surface area contributed by atoms with Crippen LogP contribution in [0.5, 0.6) is 0 Å². The van der Waals surface area contributed by atoms with Crippen molar-refractivity contribution in [2.24, 2.45) is 5.92 Å². The van der Waals surface area contributed by atoms with E-state index in [0.29, 0.717) is 16.8 Å². The molecule has 0 radical (unpaired) electrons. The van der Waals surface area contributed by atoms with Crippen LogP contribution in [0.15, 0.2) is 48.5 Å². The second-order valence-electron chi connectivity index (χ2n) is 7.21. The average Bonchev–Trinajstić information content (AvgIpc) is 2.68. The first-order chi connectivity index (χ1) is 13.0. The van der Waals surface area contributed by atoms with Crippen LogP contribution >= 0.6 is 0 Å². The molecule has 0 unspecified atom stereocenters. The molecule has 1 aliphatic rings. The van der Waals surface area contributed by atoms with Crippen molar-refractivity contribution in [1.29, 1.82) is 0 Å². The molecule has 1 atom stereocenters. The molecule has 0 saturated carbocycles. The van der Waals surface area contributed by atoms with Crippen LogP contribution in [-0.2, 0) is 11.3 Å². The summed E-state index contributed by atoms with van der Waals surface area (Å²) in [5, 5.41) is 2.83. The fourth-order valence-corrected chi connectivity index (χ4v) is 3.50. The maximum absolute atomic E-state index is 12.5. The number of nitrogens with one attached hydrogen (secondary N) is 1. The van der Waals surface area contributed by atoms with Crippen LogP contribution in [0, 0.1) is 5.92 Å². The van der Waals surface area contributed by atoms with Crippen molar-refractivity contribution < 1.29 is 14.3 Å². The summed E-state index contributed by atoms with van der Waals surface area (Å²) in [4.78, 5) is 26.5. The number of piperidine rings is 1. The van der Waals surface area contributed by atoms with Crippen molar-refractivity contribution in [3.05, 3.63) is 65.2 Å². The first-order valence-electron chi connectivity index (χ1n) is 9.36. The normalized spacial score (nSPS) is 17.3. The number of nitrogens with zero attached hydrogens (tertiary/aromatic N) is 1. The van der Waals surface area contributed by atoms with Gasteiger partial charge in [0.25, 0.3) is 5.91 Å². The summed E-state index contributed by atoms with van der Waals surface area (Å²) in [7, 11) is 1.33. The van der Waals surface area contributed by atoms with Gasteiger partial charge in [0, 0.05) is 24.3 Å². The van der Waals surface area contributed by atoms with E-state index >= 15 is 0 Å². The molecule has 27 heavy (non-hydrogen) atoms. The molecule has 0 bridgehead atoms. The minimum atomic E-state index is -0.428. The molecule has 5 heteroatoms. The summed E-state index contributed by atoms with van der Waals surface area (Å²) < 4.78 is 4.71. The maximum Gasteiger partial charge on any atom is 0.337 e. The second-order valence-corrected chi connectivity index (χ2v) is 7.21. The summed E-state index contributed by atoms with van der Waals surface area (Å²) in [6, 6.07) is 14.4. The van der Waals surface area contributed by atoms with E-state index in [1.807, 2.05) is 24.3 Å². The van der Waals surface area contributed by atoms with Crippen LogP contribution in [0.1, 0.15) is 46.0 Å². The van der Waals surface area contributed by atoms with Gasteiger partial charge in [0.05, 0.1) is 12.7 Å². The van der Waals surface area contributed by atoms with E-state index in [9.17, 15) is 9.59 Å². The van der Waals surface area contributed by atoms with Crippen LogP contribution in [0.3, 0.4) is 0 Å². The highest BCUT2D eigenvalue weighted by atomic mass is 16.5. The molecule has 0 aliphatic carbocycles. The summed E-state index contributed by atoms with van der Waals surface area (Å²) in [5.41, 5.74) is 2.78. The molecule has 142 valence electrons. The lowest BCUT2D eigenvalue weighted by atomic mass is 9.99. The van der Waals surface area contributed by atoms with Gasteiger partial charge >= 0.3 is 5.97 Å². The zero-order chi connectivity index (χ0) is 19.2. The minimum Gasteiger partial charge on any atom is -0.465 e. The quantitative estimate of drug-likeness (QED) is 0.814. The number of esters is 1. The lowest BCUT2D eigenvalue weighted by Crippen LogP contribution is -2.33. The van der Waals surface area contributed by atoms with E-state index in [1.165, 1.54) is 25.5 Å². The fourth-order valence-electron chi connectivity index (χ4n) is 3.50. The zero-order valence-electron chi connectivity index (χ0n) is 15.9. The monoisotopic (exact) mass is 366 g/mol. The molecule has 2 aromatic carbocycles. The predicted octanol–water partition coefficient (Wildman–Crippen LogP) is 3.96. The molecule has 1 fully saturated rings. The molecule has 5 nitrogen and oxygen atoms in total. The van der Waals surface area contributed by atoms with E-state index in [4.69, 9.17) is 4.74 Å². The van der Waals surface area contributed by atoms with Gasteiger partial charge in [-0.2, -0.15) is 0 Å².